The van der Waals surface area contributed by atoms with E-state index in [1.165, 1.54) is 13.2 Å². The summed E-state index contributed by atoms with van der Waals surface area (Å²) in [5.41, 5.74) is 1.20. The van der Waals surface area contributed by atoms with Crippen molar-refractivity contribution in [2.75, 3.05) is 13.7 Å². The fraction of sp³-hybridized carbons (Fsp3) is 0.222. The molecule has 3 rings (SSSR count). The Balaban J connectivity index is 1.66. The predicted molar refractivity (Wildman–Crippen MR) is 92.2 cm³/mol. The summed E-state index contributed by atoms with van der Waals surface area (Å²) in [6, 6.07) is 10.1. The fourth-order valence-corrected chi connectivity index (χ4v) is 2.30. The third kappa shape index (κ3) is 4.14. The van der Waals surface area contributed by atoms with Gasteiger partial charge in [0.05, 0.1) is 13.7 Å². The average molecular weight is 371 g/mol. The highest BCUT2D eigenvalue weighted by molar-refractivity contribution is 5.93. The second-order valence-corrected chi connectivity index (χ2v) is 5.31. The zero-order chi connectivity index (χ0) is 19.2. The summed E-state index contributed by atoms with van der Waals surface area (Å²) in [6.07, 6.45) is 0. The summed E-state index contributed by atoms with van der Waals surface area (Å²) >= 11 is 0. The highest BCUT2D eigenvalue weighted by Crippen LogP contribution is 2.24. The van der Waals surface area contributed by atoms with Crippen LogP contribution in [0.2, 0.25) is 0 Å². The summed E-state index contributed by atoms with van der Waals surface area (Å²) < 4.78 is 20.5. The molecular weight excluding hydrogens is 354 g/mol. The van der Waals surface area contributed by atoms with Crippen molar-refractivity contribution in [2.45, 2.75) is 13.5 Å². The smallest absolute Gasteiger partial charge is 0.373 e. The quantitative estimate of drug-likeness (QED) is 0.630. The molecule has 0 saturated heterocycles. The molecular formula is C18H17N3O6. The number of furan rings is 1. The van der Waals surface area contributed by atoms with Gasteiger partial charge in [-0.3, -0.25) is 0 Å². The number of hydrogen-bond donors (Lipinski definition) is 1. The molecule has 0 bridgehead atoms. The molecule has 0 amide bonds. The number of rotatable bonds is 7. The summed E-state index contributed by atoms with van der Waals surface area (Å²) in [4.78, 5) is 23.2. The maximum Gasteiger partial charge on any atom is 0.373 e. The van der Waals surface area contributed by atoms with E-state index >= 15 is 0 Å². The van der Waals surface area contributed by atoms with E-state index in [1.54, 1.807) is 37.3 Å². The van der Waals surface area contributed by atoms with E-state index in [1.807, 2.05) is 0 Å². The Morgan fingerprint density at radius 3 is 2.56 bits per heavy atom. The molecule has 0 aliphatic heterocycles. The van der Waals surface area contributed by atoms with Gasteiger partial charge in [-0.2, -0.15) is 10.3 Å². The van der Waals surface area contributed by atoms with E-state index in [9.17, 15) is 9.59 Å². The lowest BCUT2D eigenvalue weighted by Crippen LogP contribution is -2.06. The minimum absolute atomic E-state index is 0.115. The summed E-state index contributed by atoms with van der Waals surface area (Å²) in [7, 11) is 1.28. The minimum atomic E-state index is -0.546. The molecule has 1 aromatic carbocycles. The first-order valence-corrected chi connectivity index (χ1v) is 8.10. The van der Waals surface area contributed by atoms with Crippen molar-refractivity contribution in [3.63, 3.8) is 0 Å². The molecule has 0 aliphatic carbocycles. The van der Waals surface area contributed by atoms with Crippen LogP contribution in [0.25, 0.3) is 11.3 Å². The Hall–Kier alpha value is -3.62. The number of H-pyrrole nitrogens is 1. The van der Waals surface area contributed by atoms with Crippen molar-refractivity contribution in [2.24, 2.45) is 0 Å². The van der Waals surface area contributed by atoms with E-state index in [0.717, 1.165) is 0 Å². The molecule has 0 saturated carbocycles. The number of benzene rings is 1. The molecule has 27 heavy (non-hydrogen) atoms. The number of nitrogens with one attached hydrogen (secondary N) is 1. The van der Waals surface area contributed by atoms with Crippen LogP contribution in [0.15, 0.2) is 40.8 Å². The molecule has 2 heterocycles. The number of esters is 2. The number of carbonyl (C=O) groups excluding carboxylic acids is 2. The number of aromatic nitrogens is 3. The molecule has 3 aromatic rings. The molecule has 9 heteroatoms. The average Bonchev–Trinajstić information content (AvgIpc) is 3.36. The van der Waals surface area contributed by atoms with Crippen molar-refractivity contribution in [1.29, 1.82) is 0 Å². The van der Waals surface area contributed by atoms with Gasteiger partial charge in [-0.05, 0) is 43.3 Å². The van der Waals surface area contributed by atoms with Crippen LogP contribution < -0.4 is 4.74 Å². The van der Waals surface area contributed by atoms with Crippen molar-refractivity contribution >= 4 is 11.9 Å². The Kier molecular flexibility index (Phi) is 5.50. The molecule has 0 radical (unpaired) electrons. The van der Waals surface area contributed by atoms with Gasteiger partial charge in [0, 0.05) is 5.56 Å². The van der Waals surface area contributed by atoms with E-state index in [2.05, 4.69) is 20.1 Å². The Morgan fingerprint density at radius 1 is 1.07 bits per heavy atom. The maximum absolute atomic E-state index is 11.9. The predicted octanol–water partition coefficient (Wildman–Crippen LogP) is 2.61. The first-order valence-electron chi connectivity index (χ1n) is 8.10. The first kappa shape index (κ1) is 18.2. The van der Waals surface area contributed by atoms with Crippen LogP contribution in [0.4, 0.5) is 0 Å². The van der Waals surface area contributed by atoms with Crippen LogP contribution in [-0.2, 0) is 16.1 Å². The Bertz CT molecular complexity index is 929. The van der Waals surface area contributed by atoms with Gasteiger partial charge in [-0.1, -0.05) is 0 Å². The number of carbonyl (C=O) groups is 2. The van der Waals surface area contributed by atoms with Crippen LogP contribution in [-0.4, -0.2) is 41.1 Å². The highest BCUT2D eigenvalue weighted by atomic mass is 16.5. The summed E-state index contributed by atoms with van der Waals surface area (Å²) in [5.74, 6) is 0.0944. The number of nitrogens with zero attached hydrogens (tertiary/aromatic N) is 2. The van der Waals surface area contributed by atoms with Crippen molar-refractivity contribution in [3.05, 3.63) is 53.6 Å². The zero-order valence-electron chi connectivity index (χ0n) is 14.7. The van der Waals surface area contributed by atoms with Gasteiger partial charge in [0.1, 0.15) is 23.8 Å². The van der Waals surface area contributed by atoms with Crippen molar-refractivity contribution in [3.8, 4) is 17.0 Å². The van der Waals surface area contributed by atoms with Crippen molar-refractivity contribution in [1.82, 2.24) is 15.4 Å². The molecule has 0 aliphatic rings. The van der Waals surface area contributed by atoms with E-state index in [-0.39, 0.29) is 24.7 Å². The van der Waals surface area contributed by atoms with Gasteiger partial charge >= 0.3 is 11.9 Å². The standard InChI is InChI=1S/C18H17N3O6/c1-3-25-18(23)16-15(19-21-20-16)11-4-6-12(7-5-11)26-10-13-8-9-14(27-13)17(22)24-2/h4-9H,3,10H2,1-2H3,(H,19,20,21). The molecule has 2 aromatic heterocycles. The van der Waals surface area contributed by atoms with Gasteiger partial charge in [0.2, 0.25) is 5.76 Å². The second kappa shape index (κ2) is 8.17. The largest absolute Gasteiger partial charge is 0.486 e. The summed E-state index contributed by atoms with van der Waals surface area (Å²) in [6.45, 7) is 2.12. The van der Waals surface area contributed by atoms with Crippen LogP contribution >= 0.6 is 0 Å². The molecule has 1 N–H and O–H groups in total. The normalized spacial score (nSPS) is 10.4. The van der Waals surface area contributed by atoms with E-state index in [0.29, 0.717) is 22.8 Å². The number of aromatic amines is 1. The van der Waals surface area contributed by atoms with Gasteiger partial charge in [0.15, 0.2) is 5.69 Å². The van der Waals surface area contributed by atoms with Crippen LogP contribution in [0.5, 0.6) is 5.75 Å². The van der Waals surface area contributed by atoms with Gasteiger partial charge in [-0.25, -0.2) is 9.59 Å². The SMILES string of the molecule is CCOC(=O)c1n[nH]nc1-c1ccc(OCc2ccc(C(=O)OC)o2)cc1. The highest BCUT2D eigenvalue weighted by Gasteiger charge is 2.19. The van der Waals surface area contributed by atoms with Crippen molar-refractivity contribution < 1.29 is 28.2 Å². The third-order valence-electron chi connectivity index (χ3n) is 3.57. The van der Waals surface area contributed by atoms with Crippen LogP contribution in [0, 0.1) is 0 Å². The second-order valence-electron chi connectivity index (χ2n) is 5.31. The molecule has 9 nitrogen and oxygen atoms in total. The fourth-order valence-electron chi connectivity index (χ4n) is 2.30. The van der Waals surface area contributed by atoms with E-state index < -0.39 is 11.9 Å². The Labute approximate surface area is 154 Å². The van der Waals surface area contributed by atoms with Gasteiger partial charge < -0.3 is 18.6 Å². The molecule has 0 atom stereocenters. The monoisotopic (exact) mass is 371 g/mol. The topological polar surface area (TPSA) is 117 Å². The number of methoxy groups -OCH3 is 1. The zero-order valence-corrected chi connectivity index (χ0v) is 14.7. The molecule has 0 fully saturated rings. The molecule has 140 valence electrons. The lowest BCUT2D eigenvalue weighted by molar-refractivity contribution is 0.0518. The molecule has 0 unspecified atom stereocenters. The third-order valence-corrected chi connectivity index (χ3v) is 3.57. The van der Waals surface area contributed by atoms with Crippen LogP contribution in [0.3, 0.4) is 0 Å². The lowest BCUT2D eigenvalue weighted by atomic mass is 10.1. The van der Waals surface area contributed by atoms with Gasteiger partial charge in [0.25, 0.3) is 0 Å². The minimum Gasteiger partial charge on any atom is -0.486 e. The first-order chi connectivity index (χ1) is 13.1. The lowest BCUT2D eigenvalue weighted by Gasteiger charge is -2.05. The van der Waals surface area contributed by atoms with Gasteiger partial charge in [-0.15, -0.1) is 5.10 Å². The van der Waals surface area contributed by atoms with E-state index in [4.69, 9.17) is 13.9 Å². The van der Waals surface area contributed by atoms with Crippen LogP contribution in [0.1, 0.15) is 33.7 Å². The molecule has 0 spiro atoms. The number of hydrogen-bond acceptors (Lipinski definition) is 8. The Morgan fingerprint density at radius 2 is 1.85 bits per heavy atom. The summed E-state index contributed by atoms with van der Waals surface area (Å²) in [5, 5.41) is 10.3. The maximum atomic E-state index is 11.9. The number of ether oxygens (including phenoxy) is 3.